The molecule has 3 N–H and O–H groups in total. The SMILES string of the molecule is CCCCCCCC/C=C\CCCCCCCCCC(=O)OCCCC/C=C\CCCCCCC(=O)NC(CO)C(O)/C=C/CCCCCCCCCCCCCCCCCCCCCCC. The van der Waals surface area contributed by atoms with Gasteiger partial charge in [-0.1, -0.05) is 256 Å². The summed E-state index contributed by atoms with van der Waals surface area (Å²) in [6.45, 7) is 4.82. The van der Waals surface area contributed by atoms with Crippen molar-refractivity contribution in [1.29, 1.82) is 0 Å². The number of aliphatic hydroxyl groups excluding tert-OH is 2. The average molecular weight is 943 g/mol. The van der Waals surface area contributed by atoms with Crippen LogP contribution >= 0.6 is 0 Å². The molecule has 0 spiro atoms. The van der Waals surface area contributed by atoms with Crippen molar-refractivity contribution in [3.63, 3.8) is 0 Å². The third-order valence-electron chi connectivity index (χ3n) is 13.6. The molecule has 0 saturated carbocycles. The minimum atomic E-state index is -0.868. The van der Waals surface area contributed by atoms with Crippen LogP contribution in [0, 0.1) is 0 Å². The van der Waals surface area contributed by atoms with Crippen LogP contribution in [-0.4, -0.2) is 47.4 Å². The Morgan fingerprint density at radius 1 is 0.403 bits per heavy atom. The summed E-state index contributed by atoms with van der Waals surface area (Å²) in [5, 5.41) is 23.2. The van der Waals surface area contributed by atoms with Gasteiger partial charge in [-0.05, 0) is 83.5 Å². The fraction of sp³-hybridized carbons (Fsp3) is 0.869. The number of carbonyl (C=O) groups is 2. The van der Waals surface area contributed by atoms with E-state index in [2.05, 4.69) is 43.5 Å². The summed E-state index contributed by atoms with van der Waals surface area (Å²) in [6, 6.07) is -0.655. The predicted molar refractivity (Wildman–Crippen MR) is 292 cm³/mol. The number of unbranched alkanes of at least 4 members (excludes halogenated alkanes) is 40. The van der Waals surface area contributed by atoms with Gasteiger partial charge in [0.05, 0.1) is 25.4 Å². The molecule has 1 amide bonds. The van der Waals surface area contributed by atoms with E-state index in [1.54, 1.807) is 6.08 Å². The van der Waals surface area contributed by atoms with Crippen molar-refractivity contribution in [2.45, 2.75) is 328 Å². The molecule has 0 bridgehead atoms. The number of esters is 1. The third kappa shape index (κ3) is 53.3. The van der Waals surface area contributed by atoms with E-state index in [-0.39, 0.29) is 18.5 Å². The highest BCUT2D eigenvalue weighted by molar-refractivity contribution is 5.76. The number of hydrogen-bond acceptors (Lipinski definition) is 5. The number of allylic oxidation sites excluding steroid dienone is 5. The third-order valence-corrected chi connectivity index (χ3v) is 13.6. The molecule has 0 aliphatic carbocycles. The molecule has 0 saturated heterocycles. The fourth-order valence-electron chi connectivity index (χ4n) is 9.03. The van der Waals surface area contributed by atoms with Crippen molar-refractivity contribution in [1.82, 2.24) is 5.32 Å². The van der Waals surface area contributed by atoms with Gasteiger partial charge in [0.1, 0.15) is 0 Å². The highest BCUT2D eigenvalue weighted by Crippen LogP contribution is 2.17. The highest BCUT2D eigenvalue weighted by atomic mass is 16.5. The van der Waals surface area contributed by atoms with Gasteiger partial charge in [0.2, 0.25) is 5.91 Å². The Balaban J connectivity index is 3.54. The molecule has 0 heterocycles. The first-order valence-electron chi connectivity index (χ1n) is 29.8. The largest absolute Gasteiger partial charge is 0.466 e. The number of aliphatic hydroxyl groups is 2. The van der Waals surface area contributed by atoms with E-state index in [1.807, 2.05) is 6.08 Å². The molecule has 6 nitrogen and oxygen atoms in total. The first-order chi connectivity index (χ1) is 33.0. The molecule has 0 radical (unpaired) electrons. The topological polar surface area (TPSA) is 95.9 Å². The van der Waals surface area contributed by atoms with Crippen LogP contribution in [-0.2, 0) is 14.3 Å². The maximum atomic E-state index is 12.5. The lowest BCUT2D eigenvalue weighted by Crippen LogP contribution is -2.45. The van der Waals surface area contributed by atoms with E-state index in [0.717, 1.165) is 77.0 Å². The zero-order valence-electron chi connectivity index (χ0n) is 44.9. The first kappa shape index (κ1) is 65.1. The van der Waals surface area contributed by atoms with E-state index in [9.17, 15) is 19.8 Å². The van der Waals surface area contributed by atoms with Crippen LogP contribution in [0.3, 0.4) is 0 Å². The van der Waals surface area contributed by atoms with Crippen molar-refractivity contribution in [2.75, 3.05) is 13.2 Å². The second-order valence-electron chi connectivity index (χ2n) is 20.3. The molecule has 394 valence electrons. The van der Waals surface area contributed by atoms with E-state index in [0.29, 0.717) is 19.4 Å². The Labute approximate surface area is 417 Å². The van der Waals surface area contributed by atoms with Crippen LogP contribution in [0.15, 0.2) is 36.5 Å². The van der Waals surface area contributed by atoms with E-state index >= 15 is 0 Å². The van der Waals surface area contributed by atoms with Crippen LogP contribution in [0.1, 0.15) is 316 Å². The molecule has 2 atom stereocenters. The van der Waals surface area contributed by atoms with E-state index in [1.165, 1.54) is 212 Å². The zero-order chi connectivity index (χ0) is 48.6. The summed E-state index contributed by atoms with van der Waals surface area (Å²) in [7, 11) is 0. The van der Waals surface area contributed by atoms with Gasteiger partial charge in [-0.2, -0.15) is 0 Å². The summed E-state index contributed by atoms with van der Waals surface area (Å²) in [6.07, 6.45) is 70.3. The van der Waals surface area contributed by atoms with Gasteiger partial charge in [-0.3, -0.25) is 9.59 Å². The lowest BCUT2D eigenvalue weighted by Gasteiger charge is -2.20. The van der Waals surface area contributed by atoms with Crippen molar-refractivity contribution < 1.29 is 24.5 Å². The number of ether oxygens (including phenoxy) is 1. The van der Waals surface area contributed by atoms with Crippen LogP contribution < -0.4 is 5.32 Å². The molecule has 0 aromatic rings. The summed E-state index contributed by atoms with van der Waals surface area (Å²) in [5.41, 5.74) is 0. The van der Waals surface area contributed by atoms with Crippen LogP contribution in [0.5, 0.6) is 0 Å². The molecular weight excluding hydrogens is 827 g/mol. The van der Waals surface area contributed by atoms with Crippen molar-refractivity contribution in [3.05, 3.63) is 36.5 Å². The van der Waals surface area contributed by atoms with Gasteiger partial charge in [0, 0.05) is 12.8 Å². The van der Waals surface area contributed by atoms with Crippen LogP contribution in [0.4, 0.5) is 0 Å². The molecule has 6 heteroatoms. The Hall–Kier alpha value is -1.92. The number of rotatable bonds is 55. The minimum absolute atomic E-state index is 0.0413. The average Bonchev–Trinajstić information content (AvgIpc) is 3.33. The Bertz CT molecular complexity index is 1090. The van der Waals surface area contributed by atoms with E-state index < -0.39 is 12.1 Å². The normalized spacial score (nSPS) is 12.8. The lowest BCUT2D eigenvalue weighted by molar-refractivity contribution is -0.143. The monoisotopic (exact) mass is 942 g/mol. The molecule has 0 aliphatic heterocycles. The van der Waals surface area contributed by atoms with Gasteiger partial charge in [0.15, 0.2) is 0 Å². The summed E-state index contributed by atoms with van der Waals surface area (Å²) in [5.74, 6) is -0.143. The maximum absolute atomic E-state index is 12.5. The van der Waals surface area contributed by atoms with Crippen LogP contribution in [0.2, 0.25) is 0 Å². The van der Waals surface area contributed by atoms with E-state index in [4.69, 9.17) is 4.74 Å². The molecule has 0 aliphatic rings. The van der Waals surface area contributed by atoms with Gasteiger partial charge < -0.3 is 20.3 Å². The molecule has 2 unspecified atom stereocenters. The lowest BCUT2D eigenvalue weighted by atomic mass is 10.0. The Morgan fingerprint density at radius 2 is 0.701 bits per heavy atom. The van der Waals surface area contributed by atoms with Gasteiger partial charge in [-0.15, -0.1) is 0 Å². The van der Waals surface area contributed by atoms with Crippen molar-refractivity contribution in [2.24, 2.45) is 0 Å². The summed E-state index contributed by atoms with van der Waals surface area (Å²) < 4.78 is 5.45. The van der Waals surface area contributed by atoms with Gasteiger partial charge in [0.25, 0.3) is 0 Å². The van der Waals surface area contributed by atoms with Gasteiger partial charge >= 0.3 is 5.97 Å². The Morgan fingerprint density at radius 3 is 1.06 bits per heavy atom. The standard InChI is InChI=1S/C61H115NO5/c1-3-5-7-9-11-13-15-17-19-21-22-23-24-25-26-28-29-31-33-37-41-45-49-53-59(64)58(57-63)62-60(65)54-50-46-42-38-35-36-40-44-48-52-56-67-61(66)55-51-47-43-39-34-32-30-27-20-18-16-14-12-10-8-6-4-2/h18,20,36,40,49,53,58-59,63-64H,3-17,19,21-35,37-39,41-48,50-52,54-57H2,1-2H3,(H,62,65)/b20-18-,40-36-,53-49+. The quantitative estimate of drug-likeness (QED) is 0.0321. The predicted octanol–water partition coefficient (Wildman–Crippen LogP) is 18.4. The first-order valence-corrected chi connectivity index (χ1v) is 29.8. The molecule has 0 aromatic carbocycles. The highest BCUT2D eigenvalue weighted by Gasteiger charge is 2.18. The zero-order valence-corrected chi connectivity index (χ0v) is 44.9. The fourth-order valence-corrected chi connectivity index (χ4v) is 9.03. The smallest absolute Gasteiger partial charge is 0.305 e. The second-order valence-corrected chi connectivity index (χ2v) is 20.3. The minimum Gasteiger partial charge on any atom is -0.466 e. The number of amides is 1. The molecular formula is C61H115NO5. The molecule has 0 aromatic heterocycles. The number of nitrogens with one attached hydrogen (secondary N) is 1. The summed E-state index contributed by atoms with van der Waals surface area (Å²) >= 11 is 0. The summed E-state index contributed by atoms with van der Waals surface area (Å²) in [4.78, 5) is 24.5. The van der Waals surface area contributed by atoms with Crippen LogP contribution in [0.25, 0.3) is 0 Å². The number of hydrogen-bond donors (Lipinski definition) is 3. The second kappa shape index (κ2) is 56.7. The molecule has 67 heavy (non-hydrogen) atoms. The molecule has 0 rings (SSSR count). The van der Waals surface area contributed by atoms with Crippen molar-refractivity contribution >= 4 is 11.9 Å². The van der Waals surface area contributed by atoms with Crippen molar-refractivity contribution in [3.8, 4) is 0 Å². The Kier molecular flexibility index (Phi) is 55.0. The number of carbonyl (C=O) groups excluding carboxylic acids is 2. The maximum Gasteiger partial charge on any atom is 0.305 e. The van der Waals surface area contributed by atoms with Gasteiger partial charge in [-0.25, -0.2) is 0 Å². The molecule has 0 fully saturated rings.